The number of rotatable bonds is 3. The van der Waals surface area contributed by atoms with Gasteiger partial charge in [-0.2, -0.15) is 4.40 Å². The van der Waals surface area contributed by atoms with E-state index in [4.69, 9.17) is 0 Å². The van der Waals surface area contributed by atoms with Crippen molar-refractivity contribution in [2.24, 2.45) is 24.8 Å². The van der Waals surface area contributed by atoms with E-state index in [0.717, 1.165) is 24.3 Å². The third kappa shape index (κ3) is 2.79. The Balaban J connectivity index is 0.000000961. The fraction of sp³-hybridized carbons (Fsp3) is 0.591. The van der Waals surface area contributed by atoms with E-state index in [9.17, 15) is 0 Å². The molecule has 6 heteroatoms. The van der Waals surface area contributed by atoms with Crippen LogP contribution in [0.1, 0.15) is 44.2 Å². The molecule has 152 valence electrons. The highest BCUT2D eigenvalue weighted by atomic mass is 35.5. The number of nitrogens with zero attached hydrogens (tertiary/aromatic N) is 2. The SMILES string of the molecule is C[n+]1c2ccccc2n2cc(C[NH+](C)C34CC5CC(CC(C5)C3)C4)[nH]c21.[Cl-].[Cl-]. The average Bonchev–Trinajstić information content (AvgIpc) is 3.13. The summed E-state index contributed by atoms with van der Waals surface area (Å²) in [7, 11) is 4.62. The summed E-state index contributed by atoms with van der Waals surface area (Å²) < 4.78 is 4.61. The molecule has 2 N–H and O–H groups in total. The molecule has 1 unspecified atom stereocenters. The second-order valence-corrected chi connectivity index (χ2v) is 9.68. The lowest BCUT2D eigenvalue weighted by Crippen LogP contribution is -3.17. The van der Waals surface area contributed by atoms with Gasteiger partial charge in [-0.3, -0.25) is 0 Å². The highest BCUT2D eigenvalue weighted by Crippen LogP contribution is 2.54. The molecule has 0 radical (unpaired) electrons. The fourth-order valence-corrected chi connectivity index (χ4v) is 7.14. The third-order valence-corrected chi connectivity index (χ3v) is 8.00. The molecule has 0 amide bonds. The second-order valence-electron chi connectivity index (χ2n) is 9.68. The van der Waals surface area contributed by atoms with Crippen molar-refractivity contribution in [2.75, 3.05) is 7.05 Å². The summed E-state index contributed by atoms with van der Waals surface area (Å²) in [6, 6.07) is 8.67. The van der Waals surface area contributed by atoms with Crippen molar-refractivity contribution in [3.8, 4) is 0 Å². The normalized spacial score (nSPS) is 31.7. The largest absolute Gasteiger partial charge is 1.00 e. The van der Waals surface area contributed by atoms with E-state index in [1.54, 1.807) is 4.90 Å². The van der Waals surface area contributed by atoms with E-state index in [-0.39, 0.29) is 24.8 Å². The molecule has 4 saturated carbocycles. The molecule has 4 bridgehead atoms. The summed E-state index contributed by atoms with van der Waals surface area (Å²) in [5, 5.41) is 0. The molecule has 0 spiro atoms. The van der Waals surface area contributed by atoms with Gasteiger partial charge >= 0.3 is 5.78 Å². The number of hydrogen-bond acceptors (Lipinski definition) is 0. The Kier molecular flexibility index (Phi) is 4.96. The Morgan fingerprint density at radius 1 is 1.07 bits per heavy atom. The van der Waals surface area contributed by atoms with Crippen molar-refractivity contribution >= 4 is 16.8 Å². The Bertz CT molecular complexity index is 969. The maximum atomic E-state index is 3.72. The molecule has 4 aliphatic carbocycles. The Morgan fingerprint density at radius 2 is 1.68 bits per heavy atom. The first kappa shape index (κ1) is 20.1. The molecule has 3 aromatic rings. The molecule has 7 rings (SSSR count). The molecule has 2 aromatic heterocycles. The standard InChI is InChI=1S/C22H28N4.2ClH/c1-24(22-10-15-7-16(11-22)9-17(8-15)12-22)13-18-14-26-20-6-4-3-5-19(20)25(2)21(26)23-18;;/h3-6,14-17H,7-13H2,1-2H3;2*1H. The van der Waals surface area contributed by atoms with Gasteiger partial charge in [-0.05, 0) is 49.1 Å². The average molecular weight is 421 g/mol. The van der Waals surface area contributed by atoms with Crippen LogP contribution in [0, 0.1) is 17.8 Å². The summed E-state index contributed by atoms with van der Waals surface area (Å²) in [6.07, 6.45) is 11.3. The number of imidazole rings is 2. The van der Waals surface area contributed by atoms with Gasteiger partial charge in [-0.25, -0.2) is 9.55 Å². The predicted molar refractivity (Wildman–Crippen MR) is 102 cm³/mol. The molecule has 4 fully saturated rings. The van der Waals surface area contributed by atoms with Crippen molar-refractivity contribution in [1.82, 2.24) is 9.38 Å². The zero-order chi connectivity index (χ0) is 17.5. The number of hydrogen-bond donors (Lipinski definition) is 2. The highest BCUT2D eigenvalue weighted by Gasteiger charge is 2.55. The van der Waals surface area contributed by atoms with Gasteiger partial charge in [0.15, 0.2) is 5.69 Å². The lowest BCUT2D eigenvalue weighted by molar-refractivity contribution is -0.954. The van der Waals surface area contributed by atoms with Gasteiger partial charge in [0.25, 0.3) is 0 Å². The van der Waals surface area contributed by atoms with Gasteiger partial charge in [0.2, 0.25) is 0 Å². The predicted octanol–water partition coefficient (Wildman–Crippen LogP) is -3.76. The Hall–Kier alpha value is -1.23. The molecule has 28 heavy (non-hydrogen) atoms. The van der Waals surface area contributed by atoms with Crippen LogP contribution in [0.25, 0.3) is 16.8 Å². The van der Waals surface area contributed by atoms with Crippen LogP contribution in [-0.4, -0.2) is 22.0 Å². The van der Waals surface area contributed by atoms with Crippen LogP contribution in [-0.2, 0) is 13.6 Å². The second kappa shape index (κ2) is 6.93. The van der Waals surface area contributed by atoms with E-state index in [1.807, 2.05) is 0 Å². The van der Waals surface area contributed by atoms with E-state index >= 15 is 0 Å². The van der Waals surface area contributed by atoms with Crippen LogP contribution in [0.2, 0.25) is 0 Å². The fourth-order valence-electron chi connectivity index (χ4n) is 7.14. The Labute approximate surface area is 179 Å². The van der Waals surface area contributed by atoms with Gasteiger partial charge < -0.3 is 29.7 Å². The zero-order valence-corrected chi connectivity index (χ0v) is 18.2. The van der Waals surface area contributed by atoms with Crippen LogP contribution < -0.4 is 34.3 Å². The summed E-state index contributed by atoms with van der Waals surface area (Å²) in [4.78, 5) is 5.46. The minimum absolute atomic E-state index is 0. The number of benzene rings is 1. The van der Waals surface area contributed by atoms with Crippen molar-refractivity contribution in [1.29, 1.82) is 0 Å². The maximum absolute atomic E-state index is 3.72. The van der Waals surface area contributed by atoms with E-state index in [2.05, 4.69) is 58.5 Å². The highest BCUT2D eigenvalue weighted by molar-refractivity contribution is 5.74. The summed E-state index contributed by atoms with van der Waals surface area (Å²) in [6.45, 7) is 1.11. The van der Waals surface area contributed by atoms with Crippen LogP contribution in [0.5, 0.6) is 0 Å². The summed E-state index contributed by atoms with van der Waals surface area (Å²) in [5.41, 5.74) is 4.50. The number of para-hydroxylation sites is 2. The van der Waals surface area contributed by atoms with Crippen molar-refractivity contribution < 1.29 is 34.3 Å². The molecule has 1 aromatic carbocycles. The molecule has 1 atom stereocenters. The first-order valence-electron chi connectivity index (χ1n) is 10.4. The molecule has 0 aliphatic heterocycles. The first-order valence-corrected chi connectivity index (χ1v) is 10.4. The van der Waals surface area contributed by atoms with Gasteiger partial charge in [0.05, 0.1) is 19.6 Å². The molecule has 4 nitrogen and oxygen atoms in total. The number of aromatic nitrogens is 3. The molecular formula is C22H30Cl2N4. The minimum atomic E-state index is 0. The molecule has 2 heterocycles. The van der Waals surface area contributed by atoms with Gasteiger partial charge in [0, 0.05) is 19.3 Å². The lowest BCUT2D eigenvalue weighted by atomic mass is 9.52. The van der Waals surface area contributed by atoms with Crippen LogP contribution in [0.15, 0.2) is 30.5 Å². The number of fused-ring (bicyclic) bond motifs is 3. The molecular weight excluding hydrogens is 391 g/mol. The maximum Gasteiger partial charge on any atom is 0.367 e. The minimum Gasteiger partial charge on any atom is -1.00 e. The van der Waals surface area contributed by atoms with Crippen molar-refractivity contribution in [3.63, 3.8) is 0 Å². The Morgan fingerprint density at radius 3 is 2.32 bits per heavy atom. The number of aryl methyl sites for hydroxylation is 1. The van der Waals surface area contributed by atoms with Crippen LogP contribution in [0.4, 0.5) is 0 Å². The first-order chi connectivity index (χ1) is 12.6. The van der Waals surface area contributed by atoms with E-state index in [0.29, 0.717) is 5.54 Å². The number of halogens is 2. The molecule has 4 aliphatic rings. The van der Waals surface area contributed by atoms with E-state index in [1.165, 1.54) is 61.0 Å². The van der Waals surface area contributed by atoms with Crippen LogP contribution in [0.3, 0.4) is 0 Å². The van der Waals surface area contributed by atoms with Gasteiger partial charge in [-0.1, -0.05) is 12.1 Å². The quantitative estimate of drug-likeness (QED) is 0.407. The van der Waals surface area contributed by atoms with Gasteiger partial charge in [-0.15, -0.1) is 0 Å². The van der Waals surface area contributed by atoms with Crippen LogP contribution >= 0.6 is 0 Å². The number of quaternary nitrogens is 1. The number of nitrogens with one attached hydrogen (secondary N) is 2. The van der Waals surface area contributed by atoms with Gasteiger partial charge in [0.1, 0.15) is 23.8 Å². The molecule has 0 saturated heterocycles. The van der Waals surface area contributed by atoms with E-state index < -0.39 is 0 Å². The smallest absolute Gasteiger partial charge is 0.367 e. The number of H-pyrrole nitrogens is 1. The monoisotopic (exact) mass is 420 g/mol. The lowest BCUT2D eigenvalue weighted by Gasteiger charge is -2.57. The van der Waals surface area contributed by atoms with Crippen molar-refractivity contribution in [3.05, 3.63) is 36.2 Å². The van der Waals surface area contributed by atoms with Crippen molar-refractivity contribution in [2.45, 2.75) is 50.6 Å². The summed E-state index contributed by atoms with van der Waals surface area (Å²) in [5.74, 6) is 4.27. The summed E-state index contributed by atoms with van der Waals surface area (Å²) >= 11 is 0. The topological polar surface area (TPSA) is 28.5 Å². The number of aromatic amines is 1. The zero-order valence-electron chi connectivity index (χ0n) is 16.7. The third-order valence-electron chi connectivity index (χ3n) is 8.00.